The van der Waals surface area contributed by atoms with Crippen LogP contribution in [0.15, 0.2) is 35.5 Å². The maximum Gasteiger partial charge on any atom is 0.177 e. The van der Waals surface area contributed by atoms with E-state index in [0.717, 1.165) is 18.7 Å². The van der Waals surface area contributed by atoms with Crippen LogP contribution in [0.5, 0.6) is 0 Å². The highest BCUT2D eigenvalue weighted by atomic mass is 16.6. The van der Waals surface area contributed by atoms with Gasteiger partial charge in [0.1, 0.15) is 0 Å². The number of fused-ring (bicyclic) bond motifs is 2. The van der Waals surface area contributed by atoms with Crippen molar-refractivity contribution in [2.75, 3.05) is 26.2 Å². The summed E-state index contributed by atoms with van der Waals surface area (Å²) < 4.78 is 0. The molecule has 2 aliphatic rings. The first-order valence-corrected chi connectivity index (χ1v) is 6.37. The first-order chi connectivity index (χ1) is 8.92. The van der Waals surface area contributed by atoms with Crippen LogP contribution < -0.4 is 0 Å². The lowest BCUT2D eigenvalue weighted by atomic mass is 10.0. The monoisotopic (exact) mass is 240 g/mol. The minimum Gasteiger partial charge on any atom is -0.383 e. The molecular formula is C15H16N2O. The predicted molar refractivity (Wildman–Crippen MR) is 71.3 cm³/mol. The molecule has 0 N–H and O–H groups in total. The van der Waals surface area contributed by atoms with Crippen LogP contribution in [-0.4, -0.2) is 36.9 Å². The summed E-state index contributed by atoms with van der Waals surface area (Å²) in [5.41, 5.74) is 2.21. The fourth-order valence-corrected chi connectivity index (χ4v) is 2.52. The van der Waals surface area contributed by atoms with Crippen molar-refractivity contribution in [1.29, 1.82) is 0 Å². The Hall–Kier alpha value is -1.79. The van der Waals surface area contributed by atoms with Gasteiger partial charge in [-0.05, 0) is 25.1 Å². The van der Waals surface area contributed by atoms with Crippen LogP contribution in [0.1, 0.15) is 12.0 Å². The molecule has 0 spiro atoms. The van der Waals surface area contributed by atoms with Gasteiger partial charge in [0.2, 0.25) is 0 Å². The van der Waals surface area contributed by atoms with Crippen LogP contribution in [0.4, 0.5) is 0 Å². The van der Waals surface area contributed by atoms with Crippen LogP contribution in [0.25, 0.3) is 0 Å². The van der Waals surface area contributed by atoms with E-state index < -0.39 is 0 Å². The van der Waals surface area contributed by atoms with Crippen LogP contribution in [0.2, 0.25) is 0 Å². The van der Waals surface area contributed by atoms with Gasteiger partial charge in [-0.2, -0.15) is 0 Å². The quantitative estimate of drug-likeness (QED) is 0.447. The van der Waals surface area contributed by atoms with E-state index in [0.29, 0.717) is 12.5 Å². The summed E-state index contributed by atoms with van der Waals surface area (Å²) in [7, 11) is 0. The van der Waals surface area contributed by atoms with Crippen LogP contribution in [0, 0.1) is 17.8 Å². The molecule has 2 aliphatic heterocycles. The second-order valence-electron chi connectivity index (χ2n) is 4.74. The Morgan fingerprint density at radius 1 is 1.33 bits per heavy atom. The van der Waals surface area contributed by atoms with E-state index in [-0.39, 0.29) is 0 Å². The van der Waals surface area contributed by atoms with Crippen molar-refractivity contribution in [2.24, 2.45) is 11.1 Å². The lowest BCUT2D eigenvalue weighted by Gasteiger charge is -2.12. The molecule has 2 fully saturated rings. The van der Waals surface area contributed by atoms with Gasteiger partial charge in [-0.3, -0.25) is 4.90 Å². The van der Waals surface area contributed by atoms with Gasteiger partial charge in [0.15, 0.2) is 6.61 Å². The minimum atomic E-state index is 0.366. The van der Waals surface area contributed by atoms with Crippen molar-refractivity contribution in [3.8, 4) is 11.8 Å². The fraction of sp³-hybridized carbons (Fsp3) is 0.400. The fourth-order valence-electron chi connectivity index (χ4n) is 2.52. The SMILES string of the molecule is C(#Cc1ccccc1)CON=C1CN2CCC1C2. The summed E-state index contributed by atoms with van der Waals surface area (Å²) in [5, 5.41) is 4.21. The van der Waals surface area contributed by atoms with Gasteiger partial charge in [0, 0.05) is 24.6 Å². The zero-order chi connectivity index (χ0) is 12.2. The van der Waals surface area contributed by atoms with E-state index >= 15 is 0 Å². The lowest BCUT2D eigenvalue weighted by molar-refractivity contribution is 0.177. The van der Waals surface area contributed by atoms with Gasteiger partial charge < -0.3 is 4.84 Å². The third-order valence-corrected chi connectivity index (χ3v) is 3.45. The van der Waals surface area contributed by atoms with Crippen LogP contribution in [-0.2, 0) is 4.84 Å². The normalized spacial score (nSPS) is 27.0. The molecule has 0 amide bonds. The molecule has 0 aromatic heterocycles. The number of piperidine rings is 1. The highest BCUT2D eigenvalue weighted by Gasteiger charge is 2.35. The summed E-state index contributed by atoms with van der Waals surface area (Å²) in [6.07, 6.45) is 1.23. The summed E-state index contributed by atoms with van der Waals surface area (Å²) in [4.78, 5) is 7.70. The number of hydrogen-bond acceptors (Lipinski definition) is 3. The number of rotatable bonds is 2. The molecule has 2 atom stereocenters. The van der Waals surface area contributed by atoms with E-state index in [1.807, 2.05) is 30.3 Å². The Kier molecular flexibility index (Phi) is 3.29. The molecular weight excluding hydrogens is 224 g/mol. The molecule has 0 radical (unpaired) electrons. The highest BCUT2D eigenvalue weighted by molar-refractivity contribution is 5.91. The van der Waals surface area contributed by atoms with Crippen LogP contribution in [0.3, 0.4) is 0 Å². The molecule has 3 nitrogen and oxygen atoms in total. The molecule has 1 aromatic carbocycles. The molecule has 18 heavy (non-hydrogen) atoms. The van der Waals surface area contributed by atoms with Gasteiger partial charge in [0.05, 0.1) is 5.71 Å². The Morgan fingerprint density at radius 2 is 2.22 bits per heavy atom. The average molecular weight is 240 g/mol. The summed E-state index contributed by atoms with van der Waals surface area (Å²) >= 11 is 0. The molecule has 3 rings (SSSR count). The third-order valence-electron chi connectivity index (χ3n) is 3.45. The molecule has 0 saturated carbocycles. The molecule has 2 saturated heterocycles. The van der Waals surface area contributed by atoms with Crippen LogP contribution >= 0.6 is 0 Å². The Labute approximate surface area is 107 Å². The van der Waals surface area contributed by atoms with E-state index in [1.165, 1.54) is 18.7 Å². The number of benzene rings is 1. The van der Waals surface area contributed by atoms with E-state index in [2.05, 4.69) is 21.9 Å². The molecule has 2 heterocycles. The number of hydrogen-bond donors (Lipinski definition) is 0. The van der Waals surface area contributed by atoms with Crippen molar-refractivity contribution in [1.82, 2.24) is 4.90 Å². The maximum atomic E-state index is 5.28. The second-order valence-corrected chi connectivity index (χ2v) is 4.74. The van der Waals surface area contributed by atoms with Gasteiger partial charge in [0.25, 0.3) is 0 Å². The number of nitrogens with zero attached hydrogens (tertiary/aromatic N) is 2. The van der Waals surface area contributed by atoms with Gasteiger partial charge in [-0.15, -0.1) is 0 Å². The van der Waals surface area contributed by atoms with Gasteiger partial charge in [-0.25, -0.2) is 0 Å². The predicted octanol–water partition coefficient (Wildman–Crippen LogP) is 1.75. The molecule has 2 bridgehead atoms. The third kappa shape index (κ3) is 2.55. The first-order valence-electron chi connectivity index (χ1n) is 6.37. The summed E-state index contributed by atoms with van der Waals surface area (Å²) in [6.45, 7) is 3.73. The standard InChI is InChI=1S/C15H16N2O/c1-2-5-13(6-3-1)7-4-10-18-16-15-12-17-9-8-14(15)11-17/h1-3,5-6,14H,8-12H2. The zero-order valence-electron chi connectivity index (χ0n) is 10.3. The van der Waals surface area contributed by atoms with Crippen molar-refractivity contribution >= 4 is 5.71 Å². The van der Waals surface area contributed by atoms with Crippen molar-refractivity contribution in [3.63, 3.8) is 0 Å². The molecule has 2 unspecified atom stereocenters. The molecule has 3 heteroatoms. The second kappa shape index (κ2) is 5.24. The Bertz CT molecular complexity index is 498. The number of oxime groups is 1. The van der Waals surface area contributed by atoms with Crippen molar-refractivity contribution < 1.29 is 4.84 Å². The van der Waals surface area contributed by atoms with Gasteiger partial charge in [-0.1, -0.05) is 35.2 Å². The topological polar surface area (TPSA) is 24.8 Å². The highest BCUT2D eigenvalue weighted by Crippen LogP contribution is 2.25. The minimum absolute atomic E-state index is 0.366. The van der Waals surface area contributed by atoms with Crippen molar-refractivity contribution in [2.45, 2.75) is 6.42 Å². The zero-order valence-corrected chi connectivity index (χ0v) is 10.3. The Balaban J connectivity index is 1.49. The first kappa shape index (κ1) is 11.3. The van der Waals surface area contributed by atoms with Gasteiger partial charge >= 0.3 is 0 Å². The summed E-state index contributed by atoms with van der Waals surface area (Å²) in [5.74, 6) is 6.66. The lowest BCUT2D eigenvalue weighted by Crippen LogP contribution is -2.23. The molecule has 0 aliphatic carbocycles. The largest absolute Gasteiger partial charge is 0.383 e. The molecule has 1 aromatic rings. The maximum absolute atomic E-state index is 5.28. The summed E-state index contributed by atoms with van der Waals surface area (Å²) in [6, 6.07) is 9.92. The Morgan fingerprint density at radius 3 is 2.94 bits per heavy atom. The van der Waals surface area contributed by atoms with E-state index in [4.69, 9.17) is 4.84 Å². The van der Waals surface area contributed by atoms with E-state index in [9.17, 15) is 0 Å². The van der Waals surface area contributed by atoms with Crippen molar-refractivity contribution in [3.05, 3.63) is 35.9 Å². The smallest absolute Gasteiger partial charge is 0.177 e. The average Bonchev–Trinajstić information content (AvgIpc) is 3.02. The molecule has 92 valence electrons. The van der Waals surface area contributed by atoms with E-state index in [1.54, 1.807) is 0 Å².